The first kappa shape index (κ1) is 14.4. The van der Waals surface area contributed by atoms with Crippen molar-refractivity contribution >= 4 is 10.0 Å². The SMILES string of the molecule is CC(N)C1CCCN(S(=O)(=O)c2ccc(F)cc2)C1. The lowest BCUT2D eigenvalue weighted by molar-refractivity contribution is 0.243. The van der Waals surface area contributed by atoms with Crippen LogP contribution in [-0.2, 0) is 10.0 Å². The van der Waals surface area contributed by atoms with Crippen molar-refractivity contribution in [2.24, 2.45) is 11.7 Å². The Morgan fingerprint density at radius 1 is 1.37 bits per heavy atom. The molecule has 0 aliphatic carbocycles. The zero-order valence-corrected chi connectivity index (χ0v) is 11.7. The summed E-state index contributed by atoms with van der Waals surface area (Å²) in [6, 6.07) is 4.92. The first-order valence-electron chi connectivity index (χ1n) is 6.42. The van der Waals surface area contributed by atoms with Crippen molar-refractivity contribution < 1.29 is 12.8 Å². The molecule has 19 heavy (non-hydrogen) atoms. The number of hydrogen-bond donors (Lipinski definition) is 1. The number of benzene rings is 1. The Labute approximate surface area is 113 Å². The molecule has 1 heterocycles. The number of rotatable bonds is 3. The van der Waals surface area contributed by atoms with Gasteiger partial charge in [-0.15, -0.1) is 0 Å². The van der Waals surface area contributed by atoms with Crippen LogP contribution in [0.25, 0.3) is 0 Å². The highest BCUT2D eigenvalue weighted by Crippen LogP contribution is 2.25. The minimum atomic E-state index is -3.53. The molecule has 1 aromatic rings. The standard InChI is InChI=1S/C13H19FN2O2S/c1-10(15)11-3-2-8-16(9-11)19(17,18)13-6-4-12(14)5-7-13/h4-7,10-11H,2-3,8-9,15H2,1H3. The fraction of sp³-hybridized carbons (Fsp3) is 0.538. The van der Waals surface area contributed by atoms with Gasteiger partial charge in [0.15, 0.2) is 0 Å². The van der Waals surface area contributed by atoms with Crippen LogP contribution in [0.2, 0.25) is 0 Å². The Kier molecular flexibility index (Phi) is 4.23. The highest BCUT2D eigenvalue weighted by atomic mass is 32.2. The summed E-state index contributed by atoms with van der Waals surface area (Å²) in [6.45, 7) is 2.85. The van der Waals surface area contributed by atoms with Gasteiger partial charge in [-0.2, -0.15) is 4.31 Å². The Hall–Kier alpha value is -0.980. The van der Waals surface area contributed by atoms with Crippen LogP contribution in [0.3, 0.4) is 0 Å². The Bertz CT molecular complexity index is 528. The molecule has 6 heteroatoms. The predicted molar refractivity (Wildman–Crippen MR) is 71.5 cm³/mol. The maximum absolute atomic E-state index is 12.9. The lowest BCUT2D eigenvalue weighted by Gasteiger charge is -2.33. The van der Waals surface area contributed by atoms with E-state index in [1.54, 1.807) is 0 Å². The summed E-state index contributed by atoms with van der Waals surface area (Å²) in [6.07, 6.45) is 1.76. The second-order valence-electron chi connectivity index (χ2n) is 5.08. The number of nitrogens with two attached hydrogens (primary N) is 1. The largest absolute Gasteiger partial charge is 0.328 e. The first-order valence-corrected chi connectivity index (χ1v) is 7.86. The molecule has 2 atom stereocenters. The molecule has 2 N–H and O–H groups in total. The van der Waals surface area contributed by atoms with E-state index in [-0.39, 0.29) is 16.9 Å². The van der Waals surface area contributed by atoms with Crippen LogP contribution < -0.4 is 5.73 Å². The molecule has 0 spiro atoms. The van der Waals surface area contributed by atoms with Crippen molar-refractivity contribution in [1.29, 1.82) is 0 Å². The summed E-state index contributed by atoms with van der Waals surface area (Å²) in [5.41, 5.74) is 5.86. The van der Waals surface area contributed by atoms with Crippen molar-refractivity contribution in [3.05, 3.63) is 30.1 Å². The van der Waals surface area contributed by atoms with Crippen LogP contribution in [0.15, 0.2) is 29.2 Å². The topological polar surface area (TPSA) is 63.4 Å². The lowest BCUT2D eigenvalue weighted by atomic mass is 9.93. The third-order valence-corrected chi connectivity index (χ3v) is 5.49. The number of sulfonamides is 1. The van der Waals surface area contributed by atoms with Crippen molar-refractivity contribution in [3.63, 3.8) is 0 Å². The van der Waals surface area contributed by atoms with Gasteiger partial charge in [-0.3, -0.25) is 0 Å². The van der Waals surface area contributed by atoms with Gasteiger partial charge in [-0.25, -0.2) is 12.8 Å². The van der Waals surface area contributed by atoms with Gasteiger partial charge in [-0.05, 0) is 49.9 Å². The second kappa shape index (κ2) is 5.56. The normalized spacial score (nSPS) is 23.2. The van der Waals surface area contributed by atoms with E-state index in [1.165, 1.54) is 28.6 Å². The second-order valence-corrected chi connectivity index (χ2v) is 7.02. The summed E-state index contributed by atoms with van der Waals surface area (Å²) < 4.78 is 39.2. The molecule has 1 saturated heterocycles. The average molecular weight is 286 g/mol. The monoisotopic (exact) mass is 286 g/mol. The summed E-state index contributed by atoms with van der Waals surface area (Å²) in [5, 5.41) is 0. The summed E-state index contributed by atoms with van der Waals surface area (Å²) in [7, 11) is -3.53. The molecule has 106 valence electrons. The summed E-state index contributed by atoms with van der Waals surface area (Å²) in [4.78, 5) is 0.138. The molecule has 0 amide bonds. The van der Waals surface area contributed by atoms with Gasteiger partial charge < -0.3 is 5.73 Å². The van der Waals surface area contributed by atoms with Gasteiger partial charge in [0, 0.05) is 19.1 Å². The minimum absolute atomic E-state index is 0.0220. The van der Waals surface area contributed by atoms with Crippen LogP contribution in [0.5, 0.6) is 0 Å². The predicted octanol–water partition coefficient (Wildman–Crippen LogP) is 1.57. The number of halogens is 1. The van der Waals surface area contributed by atoms with E-state index in [0.717, 1.165) is 12.8 Å². The molecular weight excluding hydrogens is 267 g/mol. The van der Waals surface area contributed by atoms with Gasteiger partial charge in [0.25, 0.3) is 0 Å². The number of piperidine rings is 1. The van der Waals surface area contributed by atoms with Crippen LogP contribution >= 0.6 is 0 Å². The van der Waals surface area contributed by atoms with E-state index in [4.69, 9.17) is 5.73 Å². The summed E-state index contributed by atoms with van der Waals surface area (Å²) >= 11 is 0. The fourth-order valence-corrected chi connectivity index (χ4v) is 3.91. The zero-order valence-electron chi connectivity index (χ0n) is 10.9. The van der Waals surface area contributed by atoms with Crippen molar-refractivity contribution in [1.82, 2.24) is 4.31 Å². The zero-order chi connectivity index (χ0) is 14.0. The Morgan fingerprint density at radius 3 is 2.58 bits per heavy atom. The van der Waals surface area contributed by atoms with Crippen LogP contribution in [-0.4, -0.2) is 31.9 Å². The first-order chi connectivity index (χ1) is 8.91. The maximum atomic E-state index is 12.9. The van der Waals surface area contributed by atoms with E-state index in [0.29, 0.717) is 13.1 Å². The molecule has 2 unspecified atom stereocenters. The fourth-order valence-electron chi connectivity index (χ4n) is 2.38. The quantitative estimate of drug-likeness (QED) is 0.917. The van der Waals surface area contributed by atoms with Crippen LogP contribution in [0.1, 0.15) is 19.8 Å². The summed E-state index contributed by atoms with van der Waals surface area (Å²) in [5.74, 6) is -0.255. The Balaban J connectivity index is 2.22. The van der Waals surface area contributed by atoms with Gasteiger partial charge in [0.1, 0.15) is 5.82 Å². The van der Waals surface area contributed by atoms with Crippen LogP contribution in [0.4, 0.5) is 4.39 Å². The molecule has 4 nitrogen and oxygen atoms in total. The van der Waals surface area contributed by atoms with E-state index in [2.05, 4.69) is 0 Å². The minimum Gasteiger partial charge on any atom is -0.328 e. The molecule has 1 aliphatic rings. The van der Waals surface area contributed by atoms with E-state index in [1.807, 2.05) is 6.92 Å². The van der Waals surface area contributed by atoms with Gasteiger partial charge in [0.05, 0.1) is 4.90 Å². The van der Waals surface area contributed by atoms with Crippen LogP contribution in [0, 0.1) is 11.7 Å². The highest BCUT2D eigenvalue weighted by Gasteiger charge is 2.31. The van der Waals surface area contributed by atoms with Crippen molar-refractivity contribution in [3.8, 4) is 0 Å². The lowest BCUT2D eigenvalue weighted by Crippen LogP contribution is -2.44. The number of hydrogen-bond acceptors (Lipinski definition) is 3. The van der Waals surface area contributed by atoms with Gasteiger partial charge >= 0.3 is 0 Å². The Morgan fingerprint density at radius 2 is 2.00 bits per heavy atom. The highest BCUT2D eigenvalue weighted by molar-refractivity contribution is 7.89. The molecule has 0 aromatic heterocycles. The van der Waals surface area contributed by atoms with E-state index < -0.39 is 15.8 Å². The average Bonchev–Trinajstić information content (AvgIpc) is 2.39. The third-order valence-electron chi connectivity index (χ3n) is 3.62. The van der Waals surface area contributed by atoms with E-state index in [9.17, 15) is 12.8 Å². The molecule has 0 saturated carbocycles. The smallest absolute Gasteiger partial charge is 0.243 e. The van der Waals surface area contributed by atoms with Crippen molar-refractivity contribution in [2.45, 2.75) is 30.7 Å². The molecule has 0 radical (unpaired) electrons. The van der Waals surface area contributed by atoms with Gasteiger partial charge in [-0.1, -0.05) is 0 Å². The molecule has 2 rings (SSSR count). The molecule has 1 aliphatic heterocycles. The third kappa shape index (κ3) is 3.13. The molecular formula is C13H19FN2O2S. The maximum Gasteiger partial charge on any atom is 0.243 e. The molecule has 0 bridgehead atoms. The van der Waals surface area contributed by atoms with Crippen molar-refractivity contribution in [2.75, 3.05) is 13.1 Å². The number of nitrogens with zero attached hydrogens (tertiary/aromatic N) is 1. The van der Waals surface area contributed by atoms with Gasteiger partial charge in [0.2, 0.25) is 10.0 Å². The molecule has 1 fully saturated rings. The van der Waals surface area contributed by atoms with E-state index >= 15 is 0 Å². The molecule has 1 aromatic carbocycles.